The molecule has 0 fully saturated rings. The zero-order valence-corrected chi connectivity index (χ0v) is 15.5. The zero-order valence-electron chi connectivity index (χ0n) is 15.5. The number of hydrogen-bond acceptors (Lipinski definition) is 5. The number of furan rings is 1. The highest BCUT2D eigenvalue weighted by atomic mass is 16.5. The molecule has 7 heteroatoms. The van der Waals surface area contributed by atoms with Crippen molar-refractivity contribution in [3.8, 4) is 5.75 Å². The molecule has 0 unspecified atom stereocenters. The Labute approximate surface area is 156 Å². The number of ether oxygens (including phenoxy) is 1. The zero-order chi connectivity index (χ0) is 19.4. The van der Waals surface area contributed by atoms with Gasteiger partial charge in [-0.1, -0.05) is 25.1 Å². The molecule has 2 aromatic carbocycles. The lowest BCUT2D eigenvalue weighted by molar-refractivity contribution is -0.121. The van der Waals surface area contributed by atoms with E-state index in [0.29, 0.717) is 29.2 Å². The first kappa shape index (κ1) is 18.4. The number of hydrazone groups is 1. The maximum atomic E-state index is 12.3. The normalized spacial score (nSPS) is 11.6. The second-order valence-electron chi connectivity index (χ2n) is 6.11. The lowest BCUT2D eigenvalue weighted by Crippen LogP contribution is -2.20. The summed E-state index contributed by atoms with van der Waals surface area (Å²) in [5.74, 6) is 0.0683. The molecule has 3 aromatic rings. The third-order valence-electron chi connectivity index (χ3n) is 4.08. The first-order valence-electron chi connectivity index (χ1n) is 8.63. The molecule has 0 bridgehead atoms. The molecule has 2 amide bonds. The number of hydrogen-bond donors (Lipinski definition) is 2. The van der Waals surface area contributed by atoms with E-state index >= 15 is 0 Å². The van der Waals surface area contributed by atoms with Gasteiger partial charge in [-0.15, -0.1) is 0 Å². The highest BCUT2D eigenvalue weighted by Crippen LogP contribution is 2.36. The fourth-order valence-electron chi connectivity index (χ4n) is 2.72. The summed E-state index contributed by atoms with van der Waals surface area (Å²) >= 11 is 0. The van der Waals surface area contributed by atoms with Crippen LogP contribution in [0.25, 0.3) is 21.9 Å². The molecule has 0 saturated carbocycles. The highest BCUT2D eigenvalue weighted by Gasteiger charge is 2.14. The van der Waals surface area contributed by atoms with Gasteiger partial charge in [0.15, 0.2) is 0 Å². The van der Waals surface area contributed by atoms with Crippen molar-refractivity contribution in [3.05, 3.63) is 36.4 Å². The summed E-state index contributed by atoms with van der Waals surface area (Å²) in [4.78, 5) is 23.6. The number of nitrogens with one attached hydrogen (secondary N) is 2. The Kier molecular flexibility index (Phi) is 5.40. The van der Waals surface area contributed by atoms with Crippen LogP contribution in [0.3, 0.4) is 0 Å². The minimum atomic E-state index is -0.268. The van der Waals surface area contributed by atoms with Gasteiger partial charge in [0, 0.05) is 29.0 Å². The smallest absolute Gasteiger partial charge is 0.239 e. The van der Waals surface area contributed by atoms with Crippen LogP contribution in [0.4, 0.5) is 5.69 Å². The number of carbonyl (C=O) groups excluding carboxylic acids is 2. The average Bonchev–Trinajstić information content (AvgIpc) is 3.02. The SMILES string of the molecule is CCC(=O)N/N=C(/C)CC(=O)Nc1cc2oc3ccccc3c2cc1OC. The van der Waals surface area contributed by atoms with Crippen molar-refractivity contribution in [1.29, 1.82) is 0 Å². The van der Waals surface area contributed by atoms with E-state index in [4.69, 9.17) is 9.15 Å². The second-order valence-corrected chi connectivity index (χ2v) is 6.11. The summed E-state index contributed by atoms with van der Waals surface area (Å²) in [7, 11) is 1.55. The number of carbonyl (C=O) groups is 2. The molecule has 3 rings (SSSR count). The van der Waals surface area contributed by atoms with Crippen LogP contribution in [0.2, 0.25) is 0 Å². The Morgan fingerprint density at radius 3 is 2.63 bits per heavy atom. The van der Waals surface area contributed by atoms with E-state index in [1.165, 1.54) is 0 Å². The van der Waals surface area contributed by atoms with Crippen LogP contribution in [0.1, 0.15) is 26.7 Å². The number of benzene rings is 2. The predicted octanol–water partition coefficient (Wildman–Crippen LogP) is 3.83. The highest BCUT2D eigenvalue weighted by molar-refractivity contribution is 6.10. The standard InChI is InChI=1S/C20H21N3O4/c1-4-19(24)23-22-12(2)9-20(25)21-15-11-17-14(10-18(15)26-3)13-7-5-6-8-16(13)27-17/h5-8,10-11H,4,9H2,1-3H3,(H,21,25)(H,23,24)/b22-12-. The molecule has 2 N–H and O–H groups in total. The number of nitrogens with zero attached hydrogens (tertiary/aromatic N) is 1. The summed E-state index contributed by atoms with van der Waals surface area (Å²) in [6.45, 7) is 3.41. The van der Waals surface area contributed by atoms with Crippen LogP contribution < -0.4 is 15.5 Å². The number of fused-ring (bicyclic) bond motifs is 3. The van der Waals surface area contributed by atoms with Crippen LogP contribution in [0.15, 0.2) is 45.9 Å². The van der Waals surface area contributed by atoms with Crippen molar-refractivity contribution >= 4 is 45.2 Å². The molecule has 0 atom stereocenters. The van der Waals surface area contributed by atoms with E-state index in [9.17, 15) is 9.59 Å². The number of methoxy groups -OCH3 is 1. The van der Waals surface area contributed by atoms with Gasteiger partial charge in [0.05, 0.1) is 19.2 Å². The second kappa shape index (κ2) is 7.90. The molecule has 140 valence electrons. The van der Waals surface area contributed by atoms with Gasteiger partial charge in [-0.05, 0) is 19.1 Å². The van der Waals surface area contributed by atoms with Crippen molar-refractivity contribution < 1.29 is 18.7 Å². The summed E-state index contributed by atoms with van der Waals surface area (Å²) in [5, 5.41) is 8.62. The minimum absolute atomic E-state index is 0.0469. The molecular weight excluding hydrogens is 346 g/mol. The quantitative estimate of drug-likeness (QED) is 0.511. The molecule has 0 radical (unpaired) electrons. The largest absolute Gasteiger partial charge is 0.495 e. The first-order chi connectivity index (χ1) is 13.0. The van der Waals surface area contributed by atoms with Crippen molar-refractivity contribution in [2.75, 3.05) is 12.4 Å². The van der Waals surface area contributed by atoms with Gasteiger partial charge in [0.25, 0.3) is 0 Å². The Bertz CT molecular complexity index is 1040. The molecule has 0 spiro atoms. The Balaban J connectivity index is 1.82. The molecule has 0 saturated heterocycles. The summed E-state index contributed by atoms with van der Waals surface area (Å²) in [6.07, 6.45) is 0.378. The van der Waals surface area contributed by atoms with E-state index in [0.717, 1.165) is 16.4 Å². The average molecular weight is 367 g/mol. The molecular formula is C20H21N3O4. The molecule has 1 heterocycles. The van der Waals surface area contributed by atoms with E-state index in [1.54, 1.807) is 27.0 Å². The van der Waals surface area contributed by atoms with Crippen LogP contribution in [0, 0.1) is 0 Å². The van der Waals surface area contributed by atoms with Crippen LogP contribution >= 0.6 is 0 Å². The number of amides is 2. The van der Waals surface area contributed by atoms with E-state index in [1.807, 2.05) is 30.3 Å². The third kappa shape index (κ3) is 4.08. The van der Waals surface area contributed by atoms with Gasteiger partial charge in [0.2, 0.25) is 11.8 Å². The Morgan fingerprint density at radius 1 is 1.11 bits per heavy atom. The maximum Gasteiger partial charge on any atom is 0.239 e. The van der Waals surface area contributed by atoms with Crippen molar-refractivity contribution in [1.82, 2.24) is 5.43 Å². The molecule has 7 nitrogen and oxygen atoms in total. The van der Waals surface area contributed by atoms with E-state index < -0.39 is 0 Å². The van der Waals surface area contributed by atoms with E-state index in [-0.39, 0.29) is 18.2 Å². The fraction of sp³-hybridized carbons (Fsp3) is 0.250. The number of rotatable bonds is 6. The van der Waals surface area contributed by atoms with Crippen molar-refractivity contribution in [2.24, 2.45) is 5.10 Å². The lowest BCUT2D eigenvalue weighted by atomic mass is 10.1. The Hall–Kier alpha value is -3.35. The summed E-state index contributed by atoms with van der Waals surface area (Å²) in [6, 6.07) is 11.3. The molecule has 0 aliphatic rings. The molecule has 0 aliphatic carbocycles. The number of anilines is 1. The molecule has 1 aromatic heterocycles. The van der Waals surface area contributed by atoms with Crippen molar-refractivity contribution in [3.63, 3.8) is 0 Å². The van der Waals surface area contributed by atoms with Gasteiger partial charge < -0.3 is 14.5 Å². The minimum Gasteiger partial charge on any atom is -0.495 e. The van der Waals surface area contributed by atoms with Crippen molar-refractivity contribution in [2.45, 2.75) is 26.7 Å². The van der Waals surface area contributed by atoms with E-state index in [2.05, 4.69) is 15.8 Å². The third-order valence-corrected chi connectivity index (χ3v) is 4.08. The fourth-order valence-corrected chi connectivity index (χ4v) is 2.72. The summed E-state index contributed by atoms with van der Waals surface area (Å²) < 4.78 is 11.3. The lowest BCUT2D eigenvalue weighted by Gasteiger charge is -2.10. The van der Waals surface area contributed by atoms with Crippen LogP contribution in [-0.4, -0.2) is 24.6 Å². The van der Waals surface area contributed by atoms with Gasteiger partial charge in [0.1, 0.15) is 16.9 Å². The Morgan fingerprint density at radius 2 is 1.89 bits per heavy atom. The maximum absolute atomic E-state index is 12.3. The predicted molar refractivity (Wildman–Crippen MR) is 105 cm³/mol. The molecule has 27 heavy (non-hydrogen) atoms. The van der Waals surface area contributed by atoms with Gasteiger partial charge >= 0.3 is 0 Å². The van der Waals surface area contributed by atoms with Gasteiger partial charge in [-0.3, -0.25) is 9.59 Å². The molecule has 0 aliphatic heterocycles. The topological polar surface area (TPSA) is 92.9 Å². The van der Waals surface area contributed by atoms with Gasteiger partial charge in [-0.2, -0.15) is 5.10 Å². The van der Waals surface area contributed by atoms with Gasteiger partial charge in [-0.25, -0.2) is 5.43 Å². The number of para-hydroxylation sites is 1. The van der Waals surface area contributed by atoms with Crippen LogP contribution in [0.5, 0.6) is 5.75 Å². The van der Waals surface area contributed by atoms with Crippen LogP contribution in [-0.2, 0) is 9.59 Å². The monoisotopic (exact) mass is 367 g/mol. The first-order valence-corrected chi connectivity index (χ1v) is 8.63. The summed E-state index contributed by atoms with van der Waals surface area (Å²) in [5.41, 5.74) is 4.83.